The summed E-state index contributed by atoms with van der Waals surface area (Å²) in [6.07, 6.45) is 5.93. The molecule has 2 aliphatic heterocycles. The van der Waals surface area contributed by atoms with Crippen LogP contribution in [-0.4, -0.2) is 55.7 Å². The highest BCUT2D eigenvalue weighted by Crippen LogP contribution is 2.33. The monoisotopic (exact) mass is 404 g/mol. The minimum atomic E-state index is 0.221. The lowest BCUT2D eigenvalue weighted by atomic mass is 9.99. The van der Waals surface area contributed by atoms with Gasteiger partial charge in [-0.25, -0.2) is 4.99 Å². The van der Waals surface area contributed by atoms with Gasteiger partial charge in [-0.15, -0.1) is 0 Å². The third-order valence-electron chi connectivity index (χ3n) is 5.50. The van der Waals surface area contributed by atoms with Gasteiger partial charge in [-0.3, -0.25) is 4.79 Å². The quantitative estimate of drug-likeness (QED) is 0.540. The summed E-state index contributed by atoms with van der Waals surface area (Å²) < 4.78 is 5.75. The van der Waals surface area contributed by atoms with E-state index in [1.54, 1.807) is 0 Å². The molecule has 28 heavy (non-hydrogen) atoms. The van der Waals surface area contributed by atoms with Gasteiger partial charge >= 0.3 is 0 Å². The second-order valence-corrected chi connectivity index (χ2v) is 8.64. The smallest absolute Gasteiger partial charge is 0.227 e. The molecule has 0 unspecified atom stereocenters. The Morgan fingerprint density at radius 1 is 1.25 bits per heavy atom. The average molecular weight is 405 g/mol. The highest BCUT2D eigenvalue weighted by Gasteiger charge is 2.31. The van der Waals surface area contributed by atoms with Crippen molar-refractivity contribution in [2.45, 2.75) is 43.9 Å². The predicted octanol–water partition coefficient (Wildman–Crippen LogP) is 2.78. The summed E-state index contributed by atoms with van der Waals surface area (Å²) in [5.74, 6) is 1.07. The second kappa shape index (κ2) is 10.2. The fraction of sp³-hybridized carbons (Fsp3) is 0.619. The van der Waals surface area contributed by atoms with Gasteiger partial charge in [0.25, 0.3) is 0 Å². The highest BCUT2D eigenvalue weighted by molar-refractivity contribution is 8.00. The van der Waals surface area contributed by atoms with Crippen LogP contribution in [0.3, 0.4) is 0 Å². The van der Waals surface area contributed by atoms with E-state index >= 15 is 0 Å². The lowest BCUT2D eigenvalue weighted by molar-refractivity contribution is -0.117. The van der Waals surface area contributed by atoms with Crippen LogP contribution in [0.5, 0.6) is 0 Å². The fourth-order valence-electron chi connectivity index (χ4n) is 3.66. The van der Waals surface area contributed by atoms with Crippen LogP contribution in [0.15, 0.2) is 29.3 Å². The van der Waals surface area contributed by atoms with Gasteiger partial charge < -0.3 is 20.3 Å². The first-order chi connectivity index (χ1) is 13.7. The third kappa shape index (κ3) is 5.41. The van der Waals surface area contributed by atoms with Crippen molar-refractivity contribution in [2.24, 2.45) is 4.99 Å². The Hall–Kier alpha value is -1.73. The summed E-state index contributed by atoms with van der Waals surface area (Å²) in [4.78, 5) is 18.5. The molecule has 1 amide bonds. The number of anilines is 1. The molecule has 7 heteroatoms. The zero-order chi connectivity index (χ0) is 19.8. The van der Waals surface area contributed by atoms with Crippen LogP contribution in [-0.2, 0) is 16.1 Å². The van der Waals surface area contributed by atoms with Crippen LogP contribution in [0.2, 0.25) is 0 Å². The van der Waals surface area contributed by atoms with Crippen molar-refractivity contribution in [2.75, 3.05) is 44.0 Å². The molecule has 0 aromatic heterocycles. The summed E-state index contributed by atoms with van der Waals surface area (Å²) in [7, 11) is 0. The number of amides is 1. The molecule has 2 fully saturated rings. The van der Waals surface area contributed by atoms with Gasteiger partial charge in [0.15, 0.2) is 5.96 Å². The molecule has 0 aliphatic carbocycles. The zero-order valence-electron chi connectivity index (χ0n) is 17.0. The molecule has 3 rings (SSSR count). The number of carbonyl (C=O) groups is 1. The molecular weight excluding hydrogens is 372 g/mol. The Labute approximate surface area is 172 Å². The Morgan fingerprint density at radius 2 is 2.00 bits per heavy atom. The number of ether oxygens (including phenoxy) is 1. The van der Waals surface area contributed by atoms with Crippen molar-refractivity contribution in [1.29, 1.82) is 0 Å². The van der Waals surface area contributed by atoms with Gasteiger partial charge in [0.2, 0.25) is 5.91 Å². The number of carbonyl (C=O) groups excluding carboxylic acids is 1. The first-order valence-corrected chi connectivity index (χ1v) is 11.4. The fourth-order valence-corrected chi connectivity index (χ4v) is 4.45. The zero-order valence-corrected chi connectivity index (χ0v) is 17.8. The SMILES string of the molecule is CCNC(=NCc1ccc(N2CCCC2=O)cc1)NCC1(SC)CCOCC1. The lowest BCUT2D eigenvalue weighted by Gasteiger charge is -2.36. The van der Waals surface area contributed by atoms with Gasteiger partial charge in [0, 0.05) is 49.7 Å². The number of nitrogens with zero attached hydrogens (tertiary/aromatic N) is 2. The molecule has 6 nitrogen and oxygen atoms in total. The first-order valence-electron chi connectivity index (χ1n) is 10.2. The maximum absolute atomic E-state index is 11.9. The third-order valence-corrected chi connectivity index (χ3v) is 6.92. The van der Waals surface area contributed by atoms with Crippen molar-refractivity contribution in [3.63, 3.8) is 0 Å². The van der Waals surface area contributed by atoms with E-state index in [1.165, 1.54) is 0 Å². The van der Waals surface area contributed by atoms with E-state index in [1.807, 2.05) is 28.8 Å². The van der Waals surface area contributed by atoms with E-state index in [0.717, 1.165) is 69.3 Å². The molecule has 0 saturated carbocycles. The van der Waals surface area contributed by atoms with Gasteiger partial charge in [-0.1, -0.05) is 12.1 Å². The molecule has 0 radical (unpaired) electrons. The number of thioether (sulfide) groups is 1. The minimum Gasteiger partial charge on any atom is -0.381 e. The van der Waals surface area contributed by atoms with E-state index in [-0.39, 0.29) is 10.7 Å². The number of nitrogens with one attached hydrogen (secondary N) is 2. The molecule has 2 saturated heterocycles. The topological polar surface area (TPSA) is 66.0 Å². The molecule has 1 aromatic carbocycles. The van der Waals surface area contributed by atoms with Crippen molar-refractivity contribution in [3.05, 3.63) is 29.8 Å². The summed E-state index contributed by atoms with van der Waals surface area (Å²) >= 11 is 1.92. The van der Waals surface area contributed by atoms with E-state index in [2.05, 4.69) is 35.9 Å². The Balaban J connectivity index is 1.58. The number of aliphatic imine (C=N–C) groups is 1. The van der Waals surface area contributed by atoms with Crippen LogP contribution in [0, 0.1) is 0 Å². The van der Waals surface area contributed by atoms with Crippen molar-refractivity contribution in [3.8, 4) is 0 Å². The highest BCUT2D eigenvalue weighted by atomic mass is 32.2. The van der Waals surface area contributed by atoms with Crippen LogP contribution in [0.1, 0.15) is 38.2 Å². The Morgan fingerprint density at radius 3 is 2.61 bits per heavy atom. The van der Waals surface area contributed by atoms with Gasteiger partial charge in [0.05, 0.1) is 6.54 Å². The van der Waals surface area contributed by atoms with Crippen LogP contribution >= 0.6 is 11.8 Å². The van der Waals surface area contributed by atoms with Gasteiger partial charge in [-0.05, 0) is 50.1 Å². The van der Waals surface area contributed by atoms with E-state index in [9.17, 15) is 4.79 Å². The number of benzene rings is 1. The number of hydrogen-bond donors (Lipinski definition) is 2. The average Bonchev–Trinajstić information content (AvgIpc) is 3.17. The maximum atomic E-state index is 11.9. The van der Waals surface area contributed by atoms with Gasteiger partial charge in [0.1, 0.15) is 0 Å². The van der Waals surface area contributed by atoms with Crippen LogP contribution < -0.4 is 15.5 Å². The molecule has 2 N–H and O–H groups in total. The summed E-state index contributed by atoms with van der Waals surface area (Å²) in [5, 5.41) is 6.87. The lowest BCUT2D eigenvalue weighted by Crippen LogP contribution is -2.47. The molecule has 154 valence electrons. The van der Waals surface area contributed by atoms with Crippen molar-refractivity contribution >= 4 is 29.3 Å². The Bertz CT molecular complexity index is 671. The summed E-state index contributed by atoms with van der Waals surface area (Å²) in [6, 6.07) is 8.18. The number of rotatable bonds is 7. The maximum Gasteiger partial charge on any atom is 0.227 e. The molecule has 0 bridgehead atoms. The molecule has 2 heterocycles. The molecule has 1 aromatic rings. The van der Waals surface area contributed by atoms with E-state index in [0.29, 0.717) is 13.0 Å². The minimum absolute atomic E-state index is 0.221. The molecular formula is C21H32N4O2S. The van der Waals surface area contributed by atoms with E-state index in [4.69, 9.17) is 9.73 Å². The number of hydrogen-bond acceptors (Lipinski definition) is 4. The molecule has 0 spiro atoms. The normalized spacial score (nSPS) is 19.7. The van der Waals surface area contributed by atoms with Crippen LogP contribution in [0.25, 0.3) is 0 Å². The standard InChI is InChI=1S/C21H32N4O2S/c1-3-22-20(24-16-21(28-2)10-13-27-14-11-21)23-15-17-6-8-18(9-7-17)25-12-4-5-19(25)26/h6-9H,3-5,10-16H2,1-2H3,(H2,22,23,24). The summed E-state index contributed by atoms with van der Waals surface area (Å²) in [5.41, 5.74) is 2.12. The van der Waals surface area contributed by atoms with Crippen molar-refractivity contribution in [1.82, 2.24) is 10.6 Å². The predicted molar refractivity (Wildman–Crippen MR) is 117 cm³/mol. The largest absolute Gasteiger partial charge is 0.381 e. The number of guanidine groups is 1. The van der Waals surface area contributed by atoms with Gasteiger partial charge in [-0.2, -0.15) is 11.8 Å². The second-order valence-electron chi connectivity index (χ2n) is 7.36. The summed E-state index contributed by atoms with van der Waals surface area (Å²) in [6.45, 7) is 6.91. The Kier molecular flexibility index (Phi) is 7.62. The van der Waals surface area contributed by atoms with Crippen molar-refractivity contribution < 1.29 is 9.53 Å². The van der Waals surface area contributed by atoms with Crippen LogP contribution in [0.4, 0.5) is 5.69 Å². The molecule has 2 aliphatic rings. The first kappa shape index (κ1) is 21.0. The molecule has 0 atom stereocenters. The van der Waals surface area contributed by atoms with E-state index < -0.39 is 0 Å².